The Morgan fingerprint density at radius 2 is 1.68 bits per heavy atom. The van der Waals surface area contributed by atoms with Gasteiger partial charge in [-0.2, -0.15) is 0 Å². The first-order valence-electron chi connectivity index (χ1n) is 7.04. The zero-order chi connectivity index (χ0) is 14.7. The van der Waals surface area contributed by atoms with Gasteiger partial charge in [-0.3, -0.25) is 10.1 Å². The molecule has 3 rings (SSSR count). The van der Waals surface area contributed by atoms with Crippen LogP contribution in [0.25, 0.3) is 10.8 Å². The summed E-state index contributed by atoms with van der Waals surface area (Å²) < 4.78 is 0. The highest BCUT2D eigenvalue weighted by molar-refractivity contribution is 6.06. The van der Waals surface area contributed by atoms with E-state index < -0.39 is 0 Å². The molecule has 0 atom stereocenters. The molecule has 2 N–H and O–H groups in total. The average molecular weight is 320 g/mol. The van der Waals surface area contributed by atoms with Crippen LogP contribution in [0.3, 0.4) is 0 Å². The zero-order valence-electron chi connectivity index (χ0n) is 12.0. The predicted molar refractivity (Wildman–Crippen MR) is 88.5 cm³/mol. The van der Waals surface area contributed by atoms with Crippen molar-refractivity contribution >= 4 is 35.1 Å². The quantitative estimate of drug-likeness (QED) is 0.845. The summed E-state index contributed by atoms with van der Waals surface area (Å²) in [6, 6.07) is 12.9. The normalized spacial score (nSPS) is 14.3. The van der Waals surface area contributed by atoms with Gasteiger partial charge in [0.05, 0.1) is 0 Å². The van der Waals surface area contributed by atoms with Crippen molar-refractivity contribution < 1.29 is 9.59 Å². The van der Waals surface area contributed by atoms with Crippen molar-refractivity contribution in [3.8, 4) is 0 Å². The van der Waals surface area contributed by atoms with Gasteiger partial charge in [0.2, 0.25) is 0 Å². The summed E-state index contributed by atoms with van der Waals surface area (Å²) in [6.45, 7) is 2.77. The number of carbonyl (C=O) groups excluding carboxylic acids is 2. The molecule has 6 heteroatoms. The van der Waals surface area contributed by atoms with Crippen LogP contribution in [0.5, 0.6) is 0 Å². The lowest BCUT2D eigenvalue weighted by Gasteiger charge is -2.27. The summed E-state index contributed by atoms with van der Waals surface area (Å²) >= 11 is 0. The SMILES string of the molecule is Cl.O=C(NC(=O)N1CCNCC1)c1ccc2ccccc2c1. The zero-order valence-corrected chi connectivity index (χ0v) is 12.9. The predicted octanol–water partition coefficient (Wildman–Crippen LogP) is 2.02. The number of hydrogen-bond acceptors (Lipinski definition) is 3. The van der Waals surface area contributed by atoms with Crippen molar-refractivity contribution in [1.29, 1.82) is 0 Å². The molecule has 0 radical (unpaired) electrons. The van der Waals surface area contributed by atoms with E-state index in [1.54, 1.807) is 17.0 Å². The Balaban J connectivity index is 0.00000176. The van der Waals surface area contributed by atoms with Crippen LogP contribution >= 0.6 is 12.4 Å². The Bertz CT molecular complexity index is 684. The molecule has 0 spiro atoms. The number of nitrogens with one attached hydrogen (secondary N) is 2. The molecular formula is C16H18ClN3O2. The fourth-order valence-electron chi connectivity index (χ4n) is 2.45. The number of carbonyl (C=O) groups is 2. The van der Waals surface area contributed by atoms with E-state index in [0.717, 1.165) is 23.9 Å². The molecule has 1 fully saturated rings. The third kappa shape index (κ3) is 3.55. The first-order valence-corrected chi connectivity index (χ1v) is 7.04. The molecule has 1 saturated heterocycles. The summed E-state index contributed by atoms with van der Waals surface area (Å²) in [5, 5.41) is 7.68. The molecule has 22 heavy (non-hydrogen) atoms. The van der Waals surface area contributed by atoms with Crippen LogP contribution in [-0.4, -0.2) is 43.0 Å². The molecule has 3 amide bonds. The number of rotatable bonds is 1. The maximum Gasteiger partial charge on any atom is 0.324 e. The molecule has 0 aromatic heterocycles. The second-order valence-corrected chi connectivity index (χ2v) is 5.06. The summed E-state index contributed by atoms with van der Waals surface area (Å²) in [4.78, 5) is 25.8. The molecule has 0 bridgehead atoms. The van der Waals surface area contributed by atoms with Crippen molar-refractivity contribution in [2.45, 2.75) is 0 Å². The van der Waals surface area contributed by atoms with Gasteiger partial charge in [-0.25, -0.2) is 4.79 Å². The van der Waals surface area contributed by atoms with E-state index in [1.807, 2.05) is 30.3 Å². The van der Waals surface area contributed by atoms with Gasteiger partial charge in [0.1, 0.15) is 0 Å². The number of piperazine rings is 1. The van der Waals surface area contributed by atoms with Crippen LogP contribution in [0.4, 0.5) is 4.79 Å². The molecule has 116 valence electrons. The van der Waals surface area contributed by atoms with E-state index in [2.05, 4.69) is 10.6 Å². The third-order valence-electron chi connectivity index (χ3n) is 3.64. The van der Waals surface area contributed by atoms with Crippen LogP contribution in [0, 0.1) is 0 Å². The third-order valence-corrected chi connectivity index (χ3v) is 3.64. The molecule has 1 aliphatic heterocycles. The van der Waals surface area contributed by atoms with Crippen LogP contribution < -0.4 is 10.6 Å². The summed E-state index contributed by atoms with van der Waals surface area (Å²) in [5.41, 5.74) is 0.497. The van der Waals surface area contributed by atoms with E-state index >= 15 is 0 Å². The highest BCUT2D eigenvalue weighted by Gasteiger charge is 2.18. The molecule has 1 aliphatic rings. The first-order chi connectivity index (χ1) is 10.2. The van der Waals surface area contributed by atoms with Crippen LogP contribution in [0.2, 0.25) is 0 Å². The lowest BCUT2D eigenvalue weighted by atomic mass is 10.1. The lowest BCUT2D eigenvalue weighted by molar-refractivity contribution is 0.0950. The van der Waals surface area contributed by atoms with Gasteiger partial charge in [-0.15, -0.1) is 12.4 Å². The average Bonchev–Trinajstić information content (AvgIpc) is 2.55. The van der Waals surface area contributed by atoms with E-state index in [9.17, 15) is 9.59 Å². The number of fused-ring (bicyclic) bond motifs is 1. The molecule has 0 unspecified atom stereocenters. The number of halogens is 1. The summed E-state index contributed by atoms with van der Waals surface area (Å²) in [7, 11) is 0. The molecule has 2 aromatic rings. The first kappa shape index (κ1) is 16.3. The Morgan fingerprint density at radius 1 is 1.00 bits per heavy atom. The Hall–Kier alpha value is -2.11. The summed E-state index contributed by atoms with van der Waals surface area (Å²) in [6.07, 6.45) is 0. The van der Waals surface area contributed by atoms with Gasteiger partial charge in [0.15, 0.2) is 0 Å². The van der Waals surface area contributed by atoms with Crippen LogP contribution in [-0.2, 0) is 0 Å². The van der Waals surface area contributed by atoms with Crippen LogP contribution in [0.15, 0.2) is 42.5 Å². The maximum absolute atomic E-state index is 12.2. The number of hydrogen-bond donors (Lipinski definition) is 2. The monoisotopic (exact) mass is 319 g/mol. The minimum Gasteiger partial charge on any atom is -0.322 e. The van der Waals surface area contributed by atoms with E-state index in [0.29, 0.717) is 18.7 Å². The topological polar surface area (TPSA) is 61.4 Å². The van der Waals surface area contributed by atoms with E-state index in [4.69, 9.17) is 0 Å². The minimum absolute atomic E-state index is 0. The highest BCUT2D eigenvalue weighted by atomic mass is 35.5. The minimum atomic E-state index is -0.357. The lowest BCUT2D eigenvalue weighted by Crippen LogP contribution is -2.51. The molecule has 2 aromatic carbocycles. The highest BCUT2D eigenvalue weighted by Crippen LogP contribution is 2.15. The number of benzene rings is 2. The van der Waals surface area contributed by atoms with Crippen molar-refractivity contribution in [3.63, 3.8) is 0 Å². The second-order valence-electron chi connectivity index (χ2n) is 5.06. The van der Waals surface area contributed by atoms with Gasteiger partial charge in [0, 0.05) is 31.7 Å². The van der Waals surface area contributed by atoms with Gasteiger partial charge in [-0.1, -0.05) is 30.3 Å². The van der Waals surface area contributed by atoms with E-state index in [1.165, 1.54) is 0 Å². The second kappa shape index (κ2) is 7.24. The maximum atomic E-state index is 12.2. The van der Waals surface area contributed by atoms with Gasteiger partial charge in [-0.05, 0) is 22.9 Å². The largest absolute Gasteiger partial charge is 0.324 e. The van der Waals surface area contributed by atoms with Crippen molar-refractivity contribution in [2.75, 3.05) is 26.2 Å². The Morgan fingerprint density at radius 3 is 2.41 bits per heavy atom. The molecule has 0 aliphatic carbocycles. The number of urea groups is 1. The van der Waals surface area contributed by atoms with Gasteiger partial charge < -0.3 is 10.2 Å². The van der Waals surface area contributed by atoms with Crippen molar-refractivity contribution in [2.24, 2.45) is 0 Å². The van der Waals surface area contributed by atoms with Gasteiger partial charge in [0.25, 0.3) is 5.91 Å². The smallest absolute Gasteiger partial charge is 0.322 e. The molecular weight excluding hydrogens is 302 g/mol. The number of amides is 3. The Kier molecular flexibility index (Phi) is 5.35. The Labute approximate surface area is 135 Å². The number of nitrogens with zero attached hydrogens (tertiary/aromatic N) is 1. The molecule has 1 heterocycles. The van der Waals surface area contributed by atoms with Crippen LogP contribution in [0.1, 0.15) is 10.4 Å². The number of imide groups is 1. The standard InChI is InChI=1S/C16H17N3O2.ClH/c20-15(18-16(21)19-9-7-17-8-10-19)14-6-5-12-3-1-2-4-13(12)11-14;/h1-6,11,17H,7-10H2,(H,18,20,21);1H. The fourth-order valence-corrected chi connectivity index (χ4v) is 2.45. The summed E-state index contributed by atoms with van der Waals surface area (Å²) in [5.74, 6) is -0.357. The van der Waals surface area contributed by atoms with E-state index in [-0.39, 0.29) is 24.3 Å². The molecule has 5 nitrogen and oxygen atoms in total. The van der Waals surface area contributed by atoms with Gasteiger partial charge >= 0.3 is 6.03 Å². The fraction of sp³-hybridized carbons (Fsp3) is 0.250. The molecule has 0 saturated carbocycles. The van der Waals surface area contributed by atoms with Crippen molar-refractivity contribution in [1.82, 2.24) is 15.5 Å². The van der Waals surface area contributed by atoms with Crippen molar-refractivity contribution in [3.05, 3.63) is 48.0 Å².